The fraction of sp³-hybridized carbons (Fsp3) is 0.318. The number of oxazole rings is 1. The predicted molar refractivity (Wildman–Crippen MR) is 107 cm³/mol. The van der Waals surface area contributed by atoms with E-state index in [-0.39, 0.29) is 5.82 Å². The third kappa shape index (κ3) is 4.17. The number of ether oxygens (including phenoxy) is 1. The highest BCUT2D eigenvalue weighted by atomic mass is 19.1. The number of hydrogen-bond acceptors (Lipinski definition) is 5. The second-order valence-electron chi connectivity index (χ2n) is 6.79. The first-order chi connectivity index (χ1) is 13.7. The van der Waals surface area contributed by atoms with Crippen LogP contribution in [0.5, 0.6) is 5.75 Å². The predicted octanol–water partition coefficient (Wildman–Crippen LogP) is 4.20. The number of aromatic nitrogens is 1. The van der Waals surface area contributed by atoms with Gasteiger partial charge in [-0.25, -0.2) is 9.37 Å². The van der Waals surface area contributed by atoms with Gasteiger partial charge in [-0.2, -0.15) is 0 Å². The van der Waals surface area contributed by atoms with E-state index in [1.807, 2.05) is 25.1 Å². The molecule has 1 aromatic heterocycles. The Hall–Kier alpha value is -2.86. The standard InChI is InChI=1S/C22H24FN3O2/c1-2-27-20-6-4-3-5-19(20)26-13-11-25(12-14-26)16-22-24-15-21(28-22)17-7-9-18(23)10-8-17/h3-10,15H,2,11-14,16H2,1H3. The molecule has 3 aromatic rings. The third-order valence-corrected chi connectivity index (χ3v) is 4.92. The van der Waals surface area contributed by atoms with Gasteiger partial charge in [0.2, 0.25) is 5.89 Å². The van der Waals surface area contributed by atoms with Gasteiger partial charge < -0.3 is 14.1 Å². The fourth-order valence-electron chi connectivity index (χ4n) is 3.47. The molecule has 0 N–H and O–H groups in total. The van der Waals surface area contributed by atoms with Gasteiger partial charge in [-0.1, -0.05) is 12.1 Å². The molecule has 0 spiro atoms. The molecular weight excluding hydrogens is 357 g/mol. The summed E-state index contributed by atoms with van der Waals surface area (Å²) >= 11 is 0. The molecule has 1 aliphatic heterocycles. The quantitative estimate of drug-likeness (QED) is 0.640. The first-order valence-corrected chi connectivity index (χ1v) is 9.62. The number of para-hydroxylation sites is 2. The zero-order chi connectivity index (χ0) is 19.3. The summed E-state index contributed by atoms with van der Waals surface area (Å²) in [6, 6.07) is 14.5. The maximum Gasteiger partial charge on any atom is 0.209 e. The van der Waals surface area contributed by atoms with Gasteiger partial charge in [-0.3, -0.25) is 4.90 Å². The normalized spacial score (nSPS) is 15.0. The zero-order valence-corrected chi connectivity index (χ0v) is 16.0. The molecule has 28 heavy (non-hydrogen) atoms. The Morgan fingerprint density at radius 1 is 1.04 bits per heavy atom. The van der Waals surface area contributed by atoms with Gasteiger partial charge in [0.05, 0.1) is 25.0 Å². The Kier molecular flexibility index (Phi) is 5.58. The molecule has 0 saturated carbocycles. The second-order valence-corrected chi connectivity index (χ2v) is 6.79. The highest BCUT2D eigenvalue weighted by Crippen LogP contribution is 2.29. The van der Waals surface area contributed by atoms with Gasteiger partial charge in [-0.05, 0) is 43.3 Å². The minimum Gasteiger partial charge on any atom is -0.492 e. The summed E-state index contributed by atoms with van der Waals surface area (Å²) in [5.74, 6) is 2.03. The van der Waals surface area contributed by atoms with Crippen LogP contribution in [0.15, 0.2) is 59.1 Å². The summed E-state index contributed by atoms with van der Waals surface area (Å²) in [4.78, 5) is 9.08. The number of rotatable bonds is 6. The molecule has 0 unspecified atom stereocenters. The molecule has 0 amide bonds. The summed E-state index contributed by atoms with van der Waals surface area (Å²) in [6.45, 7) is 7.04. The molecular formula is C22H24FN3O2. The van der Waals surface area contributed by atoms with Crippen molar-refractivity contribution >= 4 is 5.69 Å². The molecule has 5 nitrogen and oxygen atoms in total. The molecule has 6 heteroatoms. The topological polar surface area (TPSA) is 41.7 Å². The van der Waals surface area contributed by atoms with E-state index in [1.165, 1.54) is 12.1 Å². The lowest BCUT2D eigenvalue weighted by atomic mass is 10.2. The molecule has 0 bridgehead atoms. The van der Waals surface area contributed by atoms with E-state index in [4.69, 9.17) is 9.15 Å². The van der Waals surface area contributed by atoms with Crippen LogP contribution in [0.25, 0.3) is 11.3 Å². The summed E-state index contributed by atoms with van der Waals surface area (Å²) in [5, 5.41) is 0. The summed E-state index contributed by atoms with van der Waals surface area (Å²) in [5.41, 5.74) is 1.98. The average molecular weight is 381 g/mol. The molecule has 0 atom stereocenters. The van der Waals surface area contributed by atoms with Crippen LogP contribution in [0.1, 0.15) is 12.8 Å². The lowest BCUT2D eigenvalue weighted by Crippen LogP contribution is -2.46. The molecule has 1 fully saturated rings. The van der Waals surface area contributed by atoms with E-state index in [0.717, 1.165) is 43.2 Å². The molecule has 1 saturated heterocycles. The summed E-state index contributed by atoms with van der Waals surface area (Å²) in [6.07, 6.45) is 1.71. The number of halogens is 1. The number of benzene rings is 2. The Morgan fingerprint density at radius 3 is 2.54 bits per heavy atom. The van der Waals surface area contributed by atoms with Crippen LogP contribution in [0.3, 0.4) is 0 Å². The lowest BCUT2D eigenvalue weighted by Gasteiger charge is -2.36. The van der Waals surface area contributed by atoms with Gasteiger partial charge >= 0.3 is 0 Å². The zero-order valence-electron chi connectivity index (χ0n) is 16.0. The van der Waals surface area contributed by atoms with Crippen LogP contribution in [-0.4, -0.2) is 42.7 Å². The van der Waals surface area contributed by atoms with E-state index in [2.05, 4.69) is 20.9 Å². The highest BCUT2D eigenvalue weighted by Gasteiger charge is 2.21. The number of anilines is 1. The Balaban J connectivity index is 1.36. The largest absolute Gasteiger partial charge is 0.492 e. The Morgan fingerprint density at radius 2 is 1.79 bits per heavy atom. The molecule has 146 valence electrons. The van der Waals surface area contributed by atoms with Gasteiger partial charge in [0.25, 0.3) is 0 Å². The van der Waals surface area contributed by atoms with Gasteiger partial charge in [0.1, 0.15) is 11.6 Å². The van der Waals surface area contributed by atoms with Gasteiger partial charge in [0, 0.05) is 31.7 Å². The lowest BCUT2D eigenvalue weighted by molar-refractivity contribution is 0.226. The molecule has 2 aromatic carbocycles. The van der Waals surface area contributed by atoms with Gasteiger partial charge in [0.15, 0.2) is 5.76 Å². The van der Waals surface area contributed by atoms with Crippen LogP contribution in [0, 0.1) is 5.82 Å². The minimum atomic E-state index is -0.257. The fourth-order valence-corrected chi connectivity index (χ4v) is 3.47. The minimum absolute atomic E-state index is 0.257. The Bertz CT molecular complexity index is 902. The first kappa shape index (κ1) is 18.5. The highest BCUT2D eigenvalue weighted by molar-refractivity contribution is 5.59. The second kappa shape index (κ2) is 8.44. The van der Waals surface area contributed by atoms with Crippen molar-refractivity contribution in [2.45, 2.75) is 13.5 Å². The van der Waals surface area contributed by atoms with Crippen molar-refractivity contribution < 1.29 is 13.5 Å². The van der Waals surface area contributed by atoms with Crippen molar-refractivity contribution in [2.75, 3.05) is 37.7 Å². The van der Waals surface area contributed by atoms with Crippen LogP contribution < -0.4 is 9.64 Å². The third-order valence-electron chi connectivity index (χ3n) is 4.92. The average Bonchev–Trinajstić information content (AvgIpc) is 3.18. The molecule has 0 radical (unpaired) electrons. The van der Waals surface area contributed by atoms with Crippen LogP contribution in [0.4, 0.5) is 10.1 Å². The monoisotopic (exact) mass is 381 g/mol. The van der Waals surface area contributed by atoms with Crippen molar-refractivity contribution in [1.29, 1.82) is 0 Å². The van der Waals surface area contributed by atoms with Crippen LogP contribution in [0.2, 0.25) is 0 Å². The first-order valence-electron chi connectivity index (χ1n) is 9.62. The van der Waals surface area contributed by atoms with Crippen LogP contribution >= 0.6 is 0 Å². The number of nitrogens with zero attached hydrogens (tertiary/aromatic N) is 3. The van der Waals surface area contributed by atoms with E-state index in [9.17, 15) is 4.39 Å². The molecule has 0 aliphatic carbocycles. The SMILES string of the molecule is CCOc1ccccc1N1CCN(Cc2ncc(-c3ccc(F)cc3)o2)CC1. The molecule has 2 heterocycles. The summed E-state index contributed by atoms with van der Waals surface area (Å²) < 4.78 is 24.7. The van der Waals surface area contributed by atoms with Crippen molar-refractivity contribution in [2.24, 2.45) is 0 Å². The van der Waals surface area contributed by atoms with Gasteiger partial charge in [-0.15, -0.1) is 0 Å². The van der Waals surface area contributed by atoms with Crippen molar-refractivity contribution in [3.63, 3.8) is 0 Å². The van der Waals surface area contributed by atoms with Crippen LogP contribution in [-0.2, 0) is 6.54 Å². The maximum absolute atomic E-state index is 13.1. The Labute approximate surface area is 164 Å². The van der Waals surface area contributed by atoms with Crippen molar-refractivity contribution in [3.05, 3.63) is 66.4 Å². The van der Waals surface area contributed by atoms with Crippen molar-refractivity contribution in [3.8, 4) is 17.1 Å². The van der Waals surface area contributed by atoms with E-state index in [0.29, 0.717) is 24.8 Å². The molecule has 4 rings (SSSR count). The van der Waals surface area contributed by atoms with E-state index < -0.39 is 0 Å². The number of piperazine rings is 1. The maximum atomic E-state index is 13.1. The summed E-state index contributed by atoms with van der Waals surface area (Å²) in [7, 11) is 0. The van der Waals surface area contributed by atoms with Crippen molar-refractivity contribution in [1.82, 2.24) is 9.88 Å². The molecule has 1 aliphatic rings. The van der Waals surface area contributed by atoms with E-state index >= 15 is 0 Å². The number of hydrogen-bond donors (Lipinski definition) is 0. The van der Waals surface area contributed by atoms with E-state index in [1.54, 1.807) is 18.3 Å². The smallest absolute Gasteiger partial charge is 0.209 e.